The van der Waals surface area contributed by atoms with Crippen molar-refractivity contribution in [2.75, 3.05) is 0 Å². The van der Waals surface area contributed by atoms with Gasteiger partial charge in [-0.2, -0.15) is 5.10 Å². The van der Waals surface area contributed by atoms with E-state index in [0.717, 1.165) is 17.6 Å². The molecule has 0 fully saturated rings. The van der Waals surface area contributed by atoms with Crippen molar-refractivity contribution in [2.24, 2.45) is 0 Å². The molecule has 0 amide bonds. The van der Waals surface area contributed by atoms with Crippen LogP contribution in [0.4, 0.5) is 0 Å². The lowest BCUT2D eigenvalue weighted by molar-refractivity contribution is 0.911. The summed E-state index contributed by atoms with van der Waals surface area (Å²) >= 11 is 5.71. The van der Waals surface area contributed by atoms with Gasteiger partial charge in [0.2, 0.25) is 0 Å². The Morgan fingerprint density at radius 2 is 2.42 bits per heavy atom. The van der Waals surface area contributed by atoms with E-state index in [1.807, 2.05) is 12.4 Å². The Morgan fingerprint density at radius 3 is 3.17 bits per heavy atom. The molecule has 0 N–H and O–H groups in total. The van der Waals surface area contributed by atoms with Gasteiger partial charge in [0.25, 0.3) is 0 Å². The third kappa shape index (κ3) is 1.16. The molecule has 0 unspecified atom stereocenters. The Bertz CT molecular complexity index is 408. The molecule has 0 saturated carbocycles. The number of aromatic nitrogens is 3. The van der Waals surface area contributed by atoms with Crippen molar-refractivity contribution < 1.29 is 0 Å². The summed E-state index contributed by atoms with van der Waals surface area (Å²) in [6.07, 6.45) is 4.74. The lowest BCUT2D eigenvalue weighted by Gasteiger charge is -1.95. The molecule has 0 atom stereocenters. The van der Waals surface area contributed by atoms with Crippen molar-refractivity contribution in [3.05, 3.63) is 29.2 Å². The van der Waals surface area contributed by atoms with Gasteiger partial charge < -0.3 is 0 Å². The van der Waals surface area contributed by atoms with Crippen LogP contribution in [-0.4, -0.2) is 14.6 Å². The van der Waals surface area contributed by atoms with Gasteiger partial charge in [-0.1, -0.05) is 18.5 Å². The van der Waals surface area contributed by atoms with Gasteiger partial charge in [0.15, 0.2) is 10.8 Å². The molecule has 0 aromatic carbocycles. The molecule has 0 saturated heterocycles. The fourth-order valence-corrected chi connectivity index (χ4v) is 1.25. The molecule has 0 spiro atoms. The highest BCUT2D eigenvalue weighted by atomic mass is 35.5. The molecule has 4 heteroatoms. The molecule has 0 radical (unpaired) electrons. The molecule has 3 nitrogen and oxygen atoms in total. The van der Waals surface area contributed by atoms with Crippen molar-refractivity contribution >= 4 is 17.2 Å². The normalized spacial score (nSPS) is 10.8. The average molecular weight is 182 g/mol. The quantitative estimate of drug-likeness (QED) is 0.673. The number of aryl methyl sites for hydroxylation is 1. The van der Waals surface area contributed by atoms with E-state index in [1.165, 1.54) is 0 Å². The molecule has 0 aliphatic carbocycles. The number of fused-ring (bicyclic) bond motifs is 1. The zero-order valence-corrected chi connectivity index (χ0v) is 7.41. The molecular formula is C8H8ClN3. The van der Waals surface area contributed by atoms with E-state index < -0.39 is 0 Å². The summed E-state index contributed by atoms with van der Waals surface area (Å²) in [5.41, 5.74) is 1.94. The Labute approximate surface area is 75.0 Å². The van der Waals surface area contributed by atoms with E-state index in [1.54, 1.807) is 10.6 Å². The maximum Gasteiger partial charge on any atom is 0.156 e. The van der Waals surface area contributed by atoms with Gasteiger partial charge >= 0.3 is 0 Å². The Balaban J connectivity index is 2.66. The molecule has 0 bridgehead atoms. The van der Waals surface area contributed by atoms with Crippen LogP contribution in [0.3, 0.4) is 0 Å². The minimum Gasteiger partial charge on any atom is -0.237 e. The van der Waals surface area contributed by atoms with E-state index in [2.05, 4.69) is 17.0 Å². The topological polar surface area (TPSA) is 30.2 Å². The number of nitrogens with zero attached hydrogens (tertiary/aromatic N) is 3. The summed E-state index contributed by atoms with van der Waals surface area (Å²) in [6, 6.07) is 1.74. The van der Waals surface area contributed by atoms with Gasteiger partial charge in [0.1, 0.15) is 0 Å². The maximum atomic E-state index is 5.71. The molecule has 2 aromatic heterocycles. The second-order valence-corrected chi connectivity index (χ2v) is 2.97. The predicted molar refractivity (Wildman–Crippen MR) is 47.4 cm³/mol. The maximum absolute atomic E-state index is 5.71. The molecule has 0 aliphatic rings. The molecule has 2 heterocycles. The van der Waals surface area contributed by atoms with Crippen LogP contribution in [0.25, 0.3) is 5.65 Å². The summed E-state index contributed by atoms with van der Waals surface area (Å²) in [6.45, 7) is 2.08. The largest absolute Gasteiger partial charge is 0.237 e. The van der Waals surface area contributed by atoms with Crippen molar-refractivity contribution in [3.63, 3.8) is 0 Å². The molecule has 12 heavy (non-hydrogen) atoms. The SMILES string of the molecule is CCc1cnc2cc(Cl)nn2c1. The Morgan fingerprint density at radius 1 is 1.58 bits per heavy atom. The van der Waals surface area contributed by atoms with E-state index in [0.29, 0.717) is 5.15 Å². The second kappa shape index (κ2) is 2.75. The molecule has 2 rings (SSSR count). The van der Waals surface area contributed by atoms with Gasteiger partial charge in [-0.05, 0) is 12.0 Å². The van der Waals surface area contributed by atoms with E-state index >= 15 is 0 Å². The van der Waals surface area contributed by atoms with Crippen molar-refractivity contribution in [3.8, 4) is 0 Å². The standard InChI is InChI=1S/C8H8ClN3/c1-2-6-4-10-8-3-7(9)11-12(8)5-6/h3-5H,2H2,1H3. The highest BCUT2D eigenvalue weighted by Gasteiger charge is 1.99. The van der Waals surface area contributed by atoms with Crippen molar-refractivity contribution in [1.82, 2.24) is 14.6 Å². The van der Waals surface area contributed by atoms with Crippen LogP contribution < -0.4 is 0 Å². The first-order valence-electron chi connectivity index (χ1n) is 3.79. The summed E-state index contributed by atoms with van der Waals surface area (Å²) in [5, 5.41) is 4.52. The zero-order valence-electron chi connectivity index (χ0n) is 6.66. The first-order valence-corrected chi connectivity index (χ1v) is 4.17. The van der Waals surface area contributed by atoms with Gasteiger partial charge in [-0.15, -0.1) is 0 Å². The summed E-state index contributed by atoms with van der Waals surface area (Å²) < 4.78 is 1.70. The van der Waals surface area contributed by atoms with Crippen LogP contribution in [0.2, 0.25) is 5.15 Å². The summed E-state index contributed by atoms with van der Waals surface area (Å²) in [5.74, 6) is 0. The highest BCUT2D eigenvalue weighted by molar-refractivity contribution is 6.29. The van der Waals surface area contributed by atoms with Crippen LogP contribution in [0.5, 0.6) is 0 Å². The monoisotopic (exact) mass is 181 g/mol. The van der Waals surface area contributed by atoms with Gasteiger partial charge in [0, 0.05) is 18.5 Å². The minimum atomic E-state index is 0.482. The van der Waals surface area contributed by atoms with E-state index in [-0.39, 0.29) is 0 Å². The number of rotatable bonds is 1. The molecule has 2 aromatic rings. The number of hydrogen-bond donors (Lipinski definition) is 0. The first kappa shape index (κ1) is 7.55. The minimum absolute atomic E-state index is 0.482. The zero-order chi connectivity index (χ0) is 8.55. The predicted octanol–water partition coefficient (Wildman–Crippen LogP) is 1.95. The summed E-state index contributed by atoms with van der Waals surface area (Å²) in [4.78, 5) is 4.19. The van der Waals surface area contributed by atoms with Crippen molar-refractivity contribution in [1.29, 1.82) is 0 Å². The third-order valence-electron chi connectivity index (χ3n) is 1.75. The van der Waals surface area contributed by atoms with Crippen molar-refractivity contribution in [2.45, 2.75) is 13.3 Å². The second-order valence-electron chi connectivity index (χ2n) is 2.59. The smallest absolute Gasteiger partial charge is 0.156 e. The van der Waals surface area contributed by atoms with E-state index in [9.17, 15) is 0 Å². The summed E-state index contributed by atoms with van der Waals surface area (Å²) in [7, 11) is 0. The Hall–Kier alpha value is -1.09. The van der Waals surface area contributed by atoms with Gasteiger partial charge in [0.05, 0.1) is 0 Å². The van der Waals surface area contributed by atoms with Gasteiger partial charge in [-0.25, -0.2) is 9.50 Å². The fourth-order valence-electron chi connectivity index (χ4n) is 1.07. The van der Waals surface area contributed by atoms with Gasteiger partial charge in [-0.3, -0.25) is 0 Å². The lowest BCUT2D eigenvalue weighted by Crippen LogP contribution is -1.92. The lowest BCUT2D eigenvalue weighted by atomic mass is 10.3. The third-order valence-corrected chi connectivity index (χ3v) is 1.93. The van der Waals surface area contributed by atoms with Crippen LogP contribution >= 0.6 is 11.6 Å². The van der Waals surface area contributed by atoms with Crippen LogP contribution in [0, 0.1) is 0 Å². The fraction of sp³-hybridized carbons (Fsp3) is 0.250. The first-order chi connectivity index (χ1) is 5.79. The number of halogens is 1. The molecule has 62 valence electrons. The number of hydrogen-bond acceptors (Lipinski definition) is 2. The average Bonchev–Trinajstić information content (AvgIpc) is 2.43. The Kier molecular flexibility index (Phi) is 1.73. The van der Waals surface area contributed by atoms with Crippen LogP contribution in [0.15, 0.2) is 18.5 Å². The van der Waals surface area contributed by atoms with Crippen LogP contribution in [-0.2, 0) is 6.42 Å². The van der Waals surface area contributed by atoms with E-state index in [4.69, 9.17) is 11.6 Å². The molecule has 0 aliphatic heterocycles. The molecular weight excluding hydrogens is 174 g/mol. The highest BCUT2D eigenvalue weighted by Crippen LogP contribution is 2.09. The van der Waals surface area contributed by atoms with Crippen LogP contribution in [0.1, 0.15) is 12.5 Å².